The molecule has 106 valence electrons. The first-order valence-electron chi connectivity index (χ1n) is 6.70. The van der Waals surface area contributed by atoms with Crippen molar-refractivity contribution in [3.63, 3.8) is 0 Å². The van der Waals surface area contributed by atoms with Crippen LogP contribution in [0.1, 0.15) is 11.1 Å². The van der Waals surface area contributed by atoms with Gasteiger partial charge in [0.1, 0.15) is 11.5 Å². The zero-order chi connectivity index (χ0) is 15.0. The Morgan fingerprint density at radius 3 is 2.14 bits per heavy atom. The van der Waals surface area contributed by atoms with Crippen LogP contribution < -0.4 is 0 Å². The molecule has 0 radical (unpaired) electrons. The van der Waals surface area contributed by atoms with E-state index in [2.05, 4.69) is 5.10 Å². The maximum Gasteiger partial charge on any atom is 0.121 e. The molecule has 0 aliphatic rings. The lowest BCUT2D eigenvalue weighted by atomic mass is 10.0. The van der Waals surface area contributed by atoms with Gasteiger partial charge in [0.05, 0.1) is 11.4 Å². The van der Waals surface area contributed by atoms with Gasteiger partial charge in [0.25, 0.3) is 0 Å². The highest BCUT2D eigenvalue weighted by Gasteiger charge is 2.08. The highest BCUT2D eigenvalue weighted by Crippen LogP contribution is 2.28. The average Bonchev–Trinajstić information content (AvgIpc) is 2.95. The molecule has 0 unspecified atom stereocenters. The molecule has 0 aliphatic carbocycles. The predicted octanol–water partition coefficient (Wildman–Crippen LogP) is 3.57. The Labute approximate surface area is 122 Å². The molecule has 0 bridgehead atoms. The molecule has 2 aromatic carbocycles. The van der Waals surface area contributed by atoms with Crippen LogP contribution in [0.4, 0.5) is 0 Å². The summed E-state index contributed by atoms with van der Waals surface area (Å²) in [6, 6.07) is 12.6. The molecule has 0 amide bonds. The Kier molecular flexibility index (Phi) is 3.14. The van der Waals surface area contributed by atoms with E-state index in [1.165, 1.54) is 0 Å². The van der Waals surface area contributed by atoms with Gasteiger partial charge in [0.15, 0.2) is 0 Å². The maximum absolute atomic E-state index is 9.84. The molecule has 2 N–H and O–H groups in total. The summed E-state index contributed by atoms with van der Waals surface area (Å²) in [5, 5.41) is 23.7. The minimum atomic E-state index is 0.232. The van der Waals surface area contributed by atoms with Crippen LogP contribution in [0.25, 0.3) is 16.9 Å². The second-order valence-electron chi connectivity index (χ2n) is 5.12. The summed E-state index contributed by atoms with van der Waals surface area (Å²) < 4.78 is 1.76. The molecule has 0 fully saturated rings. The van der Waals surface area contributed by atoms with E-state index in [4.69, 9.17) is 0 Å². The van der Waals surface area contributed by atoms with Gasteiger partial charge in [0.2, 0.25) is 0 Å². The van der Waals surface area contributed by atoms with E-state index < -0.39 is 0 Å². The fourth-order valence-corrected chi connectivity index (χ4v) is 2.33. The molecular formula is C17H16N2O2. The third kappa shape index (κ3) is 2.48. The third-order valence-corrected chi connectivity index (χ3v) is 3.49. The number of aryl methyl sites for hydroxylation is 2. The third-order valence-electron chi connectivity index (χ3n) is 3.49. The summed E-state index contributed by atoms with van der Waals surface area (Å²) in [5.41, 5.74) is 4.37. The van der Waals surface area contributed by atoms with Crippen molar-refractivity contribution in [3.05, 3.63) is 59.8 Å². The number of aromatic nitrogens is 2. The Balaban J connectivity index is 2.00. The minimum absolute atomic E-state index is 0.232. The quantitative estimate of drug-likeness (QED) is 0.754. The lowest BCUT2D eigenvalue weighted by Crippen LogP contribution is -1.94. The van der Waals surface area contributed by atoms with Crippen LogP contribution in [0.2, 0.25) is 0 Å². The first-order valence-corrected chi connectivity index (χ1v) is 6.70. The Morgan fingerprint density at radius 2 is 1.52 bits per heavy atom. The van der Waals surface area contributed by atoms with Gasteiger partial charge in [-0.15, -0.1) is 0 Å². The molecule has 21 heavy (non-hydrogen) atoms. The van der Waals surface area contributed by atoms with Crippen LogP contribution in [0.15, 0.2) is 48.7 Å². The van der Waals surface area contributed by atoms with Crippen molar-refractivity contribution in [2.75, 3.05) is 0 Å². The van der Waals surface area contributed by atoms with E-state index in [9.17, 15) is 10.2 Å². The monoisotopic (exact) mass is 280 g/mol. The van der Waals surface area contributed by atoms with Crippen LogP contribution >= 0.6 is 0 Å². The van der Waals surface area contributed by atoms with Gasteiger partial charge >= 0.3 is 0 Å². The van der Waals surface area contributed by atoms with E-state index in [-0.39, 0.29) is 5.75 Å². The van der Waals surface area contributed by atoms with Crippen LogP contribution in [0.5, 0.6) is 11.5 Å². The first-order chi connectivity index (χ1) is 10.0. The Bertz CT molecular complexity index is 766. The number of nitrogens with zero attached hydrogens (tertiary/aromatic N) is 2. The summed E-state index contributed by atoms with van der Waals surface area (Å²) in [4.78, 5) is 0. The SMILES string of the molecule is Cc1cc(-c2ccn(-c3ccc(O)cc3)n2)cc(C)c1O. The number of benzene rings is 2. The first kappa shape index (κ1) is 13.2. The number of hydrogen-bond acceptors (Lipinski definition) is 3. The number of rotatable bonds is 2. The van der Waals surface area contributed by atoms with Gasteiger partial charge in [-0.2, -0.15) is 5.10 Å². The molecular weight excluding hydrogens is 264 g/mol. The Hall–Kier alpha value is -2.75. The molecule has 1 heterocycles. The number of phenolic OH excluding ortho intramolecular Hbond substituents is 2. The van der Waals surface area contributed by atoms with E-state index >= 15 is 0 Å². The highest BCUT2D eigenvalue weighted by molar-refractivity contribution is 5.64. The maximum atomic E-state index is 9.84. The van der Waals surface area contributed by atoms with Crippen molar-refractivity contribution in [1.82, 2.24) is 9.78 Å². The van der Waals surface area contributed by atoms with Crippen molar-refractivity contribution >= 4 is 0 Å². The van der Waals surface area contributed by atoms with Crippen LogP contribution in [0.3, 0.4) is 0 Å². The predicted molar refractivity (Wildman–Crippen MR) is 81.8 cm³/mol. The molecule has 3 rings (SSSR count). The van der Waals surface area contributed by atoms with Crippen molar-refractivity contribution in [1.29, 1.82) is 0 Å². The normalized spacial score (nSPS) is 10.8. The van der Waals surface area contributed by atoms with E-state index in [0.717, 1.165) is 28.1 Å². The fourth-order valence-electron chi connectivity index (χ4n) is 2.33. The molecule has 0 atom stereocenters. The zero-order valence-corrected chi connectivity index (χ0v) is 11.9. The van der Waals surface area contributed by atoms with Crippen molar-refractivity contribution in [2.45, 2.75) is 13.8 Å². The van der Waals surface area contributed by atoms with Crippen LogP contribution in [0, 0.1) is 13.8 Å². The largest absolute Gasteiger partial charge is 0.508 e. The highest BCUT2D eigenvalue weighted by atomic mass is 16.3. The topological polar surface area (TPSA) is 58.3 Å². The van der Waals surface area contributed by atoms with Crippen molar-refractivity contribution < 1.29 is 10.2 Å². The number of phenols is 2. The van der Waals surface area contributed by atoms with Gasteiger partial charge in [-0.05, 0) is 67.4 Å². The van der Waals surface area contributed by atoms with Crippen molar-refractivity contribution in [3.8, 4) is 28.4 Å². The lowest BCUT2D eigenvalue weighted by Gasteiger charge is -2.06. The number of hydrogen-bond donors (Lipinski definition) is 2. The van der Waals surface area contributed by atoms with Crippen molar-refractivity contribution in [2.24, 2.45) is 0 Å². The molecule has 0 saturated carbocycles. The summed E-state index contributed by atoms with van der Waals surface area (Å²) >= 11 is 0. The second kappa shape index (κ2) is 4.98. The lowest BCUT2D eigenvalue weighted by molar-refractivity contribution is 0.467. The molecule has 4 heteroatoms. The Morgan fingerprint density at radius 1 is 0.905 bits per heavy atom. The van der Waals surface area contributed by atoms with E-state index in [1.54, 1.807) is 28.9 Å². The molecule has 4 nitrogen and oxygen atoms in total. The van der Waals surface area contributed by atoms with Crippen LogP contribution in [-0.4, -0.2) is 20.0 Å². The smallest absolute Gasteiger partial charge is 0.121 e. The van der Waals surface area contributed by atoms with Gasteiger partial charge in [-0.25, -0.2) is 4.68 Å². The summed E-state index contributed by atoms with van der Waals surface area (Å²) in [6.07, 6.45) is 1.87. The molecule has 1 aromatic heterocycles. The summed E-state index contributed by atoms with van der Waals surface area (Å²) in [5.74, 6) is 0.563. The standard InChI is InChI=1S/C17H16N2O2/c1-11-9-13(10-12(2)17(11)21)16-7-8-19(18-16)14-3-5-15(20)6-4-14/h3-10,20-21H,1-2H3. The number of aromatic hydroxyl groups is 2. The summed E-state index contributed by atoms with van der Waals surface area (Å²) in [7, 11) is 0. The van der Waals surface area contributed by atoms with Gasteiger partial charge < -0.3 is 10.2 Å². The van der Waals surface area contributed by atoms with Gasteiger partial charge in [0, 0.05) is 11.8 Å². The summed E-state index contributed by atoms with van der Waals surface area (Å²) in [6.45, 7) is 3.76. The van der Waals surface area contributed by atoms with Gasteiger partial charge in [-0.3, -0.25) is 0 Å². The molecule has 0 spiro atoms. The van der Waals surface area contributed by atoms with E-state index in [1.807, 2.05) is 38.2 Å². The fraction of sp³-hybridized carbons (Fsp3) is 0.118. The van der Waals surface area contributed by atoms with E-state index in [0.29, 0.717) is 5.75 Å². The molecule has 0 saturated heterocycles. The zero-order valence-electron chi connectivity index (χ0n) is 11.9. The molecule has 0 aliphatic heterocycles. The second-order valence-corrected chi connectivity index (χ2v) is 5.12. The average molecular weight is 280 g/mol. The van der Waals surface area contributed by atoms with Gasteiger partial charge in [-0.1, -0.05) is 0 Å². The molecule has 3 aromatic rings. The minimum Gasteiger partial charge on any atom is -0.508 e. The van der Waals surface area contributed by atoms with Crippen LogP contribution in [-0.2, 0) is 0 Å².